The van der Waals surface area contributed by atoms with E-state index in [1.54, 1.807) is 7.05 Å². The van der Waals surface area contributed by atoms with Crippen LogP contribution in [0.15, 0.2) is 23.5 Å². The molecule has 0 atom stereocenters. The molecule has 114 valence electrons. The molecule has 10 heteroatoms. The maximum atomic E-state index is 12.1. The third-order valence-corrected chi connectivity index (χ3v) is 4.30. The summed E-state index contributed by atoms with van der Waals surface area (Å²) in [6.07, 6.45) is 3.15. The van der Waals surface area contributed by atoms with Crippen molar-refractivity contribution in [3.05, 3.63) is 30.1 Å². The number of nitrogens with zero attached hydrogens (tertiary/aromatic N) is 3. The zero-order valence-corrected chi connectivity index (χ0v) is 12.4. The van der Waals surface area contributed by atoms with Crippen LogP contribution in [-0.4, -0.2) is 47.7 Å². The first-order valence-electron chi connectivity index (χ1n) is 6.16. The molecule has 0 aliphatic carbocycles. The molecular weight excluding hydrogens is 296 g/mol. The number of aromatic amines is 1. The maximum absolute atomic E-state index is 12.1. The monoisotopic (exact) mass is 312 g/mol. The van der Waals surface area contributed by atoms with E-state index in [1.807, 2.05) is 0 Å². The van der Waals surface area contributed by atoms with Crippen molar-refractivity contribution in [1.29, 1.82) is 0 Å². The molecule has 0 aromatic carbocycles. The number of nitrogens with one attached hydrogen (secondary N) is 3. The van der Waals surface area contributed by atoms with Gasteiger partial charge in [-0.05, 0) is 6.07 Å². The first kappa shape index (κ1) is 15.2. The van der Waals surface area contributed by atoms with Crippen LogP contribution >= 0.6 is 0 Å². The topological polar surface area (TPSA) is 122 Å². The molecule has 1 amide bonds. The van der Waals surface area contributed by atoms with Gasteiger partial charge >= 0.3 is 0 Å². The summed E-state index contributed by atoms with van der Waals surface area (Å²) in [5, 5.41) is 8.78. The van der Waals surface area contributed by atoms with Gasteiger partial charge in [-0.25, -0.2) is 18.1 Å². The van der Waals surface area contributed by atoms with E-state index in [0.717, 1.165) is 0 Å². The van der Waals surface area contributed by atoms with Crippen molar-refractivity contribution in [2.45, 2.75) is 11.3 Å². The zero-order valence-electron chi connectivity index (χ0n) is 11.6. The fourth-order valence-corrected chi connectivity index (χ4v) is 2.87. The summed E-state index contributed by atoms with van der Waals surface area (Å²) < 4.78 is 28.2. The van der Waals surface area contributed by atoms with Crippen molar-refractivity contribution >= 4 is 15.9 Å². The number of hydrogen-bond acceptors (Lipinski definition) is 5. The van der Waals surface area contributed by atoms with E-state index in [2.05, 4.69) is 25.2 Å². The lowest BCUT2D eigenvalue weighted by atomic mass is 10.4. The molecule has 21 heavy (non-hydrogen) atoms. The summed E-state index contributed by atoms with van der Waals surface area (Å²) in [6, 6.07) is 1.33. The molecule has 0 unspecified atom stereocenters. The summed E-state index contributed by atoms with van der Waals surface area (Å²) in [5.74, 6) is 0.248. The lowest BCUT2D eigenvalue weighted by Gasteiger charge is -2.03. The highest BCUT2D eigenvalue weighted by molar-refractivity contribution is 7.89. The second-order valence-electron chi connectivity index (χ2n) is 4.33. The number of hydrogen-bond donors (Lipinski definition) is 3. The molecule has 9 nitrogen and oxygen atoms in total. The van der Waals surface area contributed by atoms with Gasteiger partial charge in [0.2, 0.25) is 10.0 Å². The van der Waals surface area contributed by atoms with Crippen LogP contribution in [0.3, 0.4) is 0 Å². The summed E-state index contributed by atoms with van der Waals surface area (Å²) >= 11 is 0. The van der Waals surface area contributed by atoms with Crippen LogP contribution in [0.25, 0.3) is 0 Å². The Balaban J connectivity index is 2.07. The normalized spacial score (nSPS) is 11.5. The number of aryl methyl sites for hydroxylation is 1. The van der Waals surface area contributed by atoms with E-state index in [1.165, 1.54) is 30.2 Å². The van der Waals surface area contributed by atoms with Crippen molar-refractivity contribution in [3.63, 3.8) is 0 Å². The number of amides is 1. The van der Waals surface area contributed by atoms with Crippen molar-refractivity contribution in [1.82, 2.24) is 29.8 Å². The van der Waals surface area contributed by atoms with Crippen LogP contribution in [0.5, 0.6) is 0 Å². The molecule has 0 fully saturated rings. The van der Waals surface area contributed by atoms with Crippen molar-refractivity contribution < 1.29 is 13.2 Å². The highest BCUT2D eigenvalue weighted by atomic mass is 32.2. The second kappa shape index (κ2) is 6.06. The van der Waals surface area contributed by atoms with Gasteiger partial charge in [-0.2, -0.15) is 5.10 Å². The Morgan fingerprint density at radius 3 is 2.86 bits per heavy atom. The Morgan fingerprint density at radius 2 is 2.24 bits per heavy atom. The molecule has 0 radical (unpaired) electrons. The number of sulfonamides is 1. The first-order valence-corrected chi connectivity index (χ1v) is 7.64. The molecule has 0 saturated heterocycles. The zero-order chi connectivity index (χ0) is 15.5. The van der Waals surface area contributed by atoms with Gasteiger partial charge in [0.25, 0.3) is 5.91 Å². The fraction of sp³-hybridized carbons (Fsp3) is 0.364. The Morgan fingerprint density at radius 1 is 1.48 bits per heavy atom. The van der Waals surface area contributed by atoms with Gasteiger partial charge in [-0.3, -0.25) is 9.89 Å². The van der Waals surface area contributed by atoms with Gasteiger partial charge in [0.15, 0.2) is 0 Å². The van der Waals surface area contributed by atoms with Gasteiger partial charge in [0.1, 0.15) is 22.7 Å². The largest absolute Gasteiger partial charge is 0.354 e. The van der Waals surface area contributed by atoms with Crippen molar-refractivity contribution in [3.8, 4) is 0 Å². The number of carbonyl (C=O) groups excluding carboxylic acids is 1. The van der Waals surface area contributed by atoms with E-state index >= 15 is 0 Å². The smallest absolute Gasteiger partial charge is 0.267 e. The minimum absolute atomic E-state index is 0.0427. The Labute approximate surface area is 121 Å². The van der Waals surface area contributed by atoms with Crippen LogP contribution in [0.1, 0.15) is 16.3 Å². The van der Waals surface area contributed by atoms with Gasteiger partial charge in [0, 0.05) is 33.3 Å². The van der Waals surface area contributed by atoms with Crippen LogP contribution in [-0.2, 0) is 23.5 Å². The third kappa shape index (κ3) is 3.47. The Hall–Kier alpha value is -2.20. The molecule has 0 aliphatic heterocycles. The van der Waals surface area contributed by atoms with Crippen molar-refractivity contribution in [2.75, 3.05) is 13.6 Å². The number of aromatic nitrogens is 4. The van der Waals surface area contributed by atoms with Crippen LogP contribution in [0.4, 0.5) is 0 Å². The van der Waals surface area contributed by atoms with Gasteiger partial charge in [-0.15, -0.1) is 0 Å². The Kier molecular flexibility index (Phi) is 4.38. The number of carbonyl (C=O) groups is 1. The van der Waals surface area contributed by atoms with E-state index in [4.69, 9.17) is 0 Å². The average Bonchev–Trinajstić information content (AvgIpc) is 3.07. The lowest BCUT2D eigenvalue weighted by molar-refractivity contribution is 0.0955. The summed E-state index contributed by atoms with van der Waals surface area (Å²) in [7, 11) is -0.575. The molecule has 0 spiro atoms. The number of H-pyrrole nitrogens is 1. The standard InChI is InChI=1S/C11H16N6O3S/c1-12-11(18)9-5-8(6-17(9)2)21(19,20)15-4-3-10-13-7-14-16-10/h5-7,15H,3-4H2,1-2H3,(H,12,18)(H,13,14,16). The predicted octanol–water partition coefficient (Wildman–Crippen LogP) is -0.976. The van der Waals surface area contributed by atoms with Crippen LogP contribution in [0.2, 0.25) is 0 Å². The van der Waals surface area contributed by atoms with Crippen LogP contribution < -0.4 is 10.0 Å². The first-order chi connectivity index (χ1) is 9.94. The summed E-state index contributed by atoms with van der Waals surface area (Å²) in [4.78, 5) is 15.5. The van der Waals surface area contributed by atoms with E-state index in [9.17, 15) is 13.2 Å². The fourth-order valence-electron chi connectivity index (χ4n) is 1.77. The molecule has 2 rings (SSSR count). The summed E-state index contributed by atoms with van der Waals surface area (Å²) in [5.41, 5.74) is 0.271. The minimum atomic E-state index is -3.67. The lowest BCUT2D eigenvalue weighted by Crippen LogP contribution is -2.26. The average molecular weight is 312 g/mol. The molecule has 2 heterocycles. The van der Waals surface area contributed by atoms with E-state index in [-0.39, 0.29) is 23.0 Å². The van der Waals surface area contributed by atoms with Gasteiger partial charge < -0.3 is 9.88 Å². The molecule has 2 aromatic rings. The summed E-state index contributed by atoms with van der Waals surface area (Å²) in [6.45, 7) is 0.182. The van der Waals surface area contributed by atoms with E-state index in [0.29, 0.717) is 12.2 Å². The van der Waals surface area contributed by atoms with Gasteiger partial charge in [0.05, 0.1) is 0 Å². The highest BCUT2D eigenvalue weighted by Crippen LogP contribution is 2.13. The van der Waals surface area contributed by atoms with E-state index < -0.39 is 10.0 Å². The molecule has 0 aliphatic rings. The third-order valence-electron chi connectivity index (χ3n) is 2.87. The molecule has 2 aromatic heterocycles. The second-order valence-corrected chi connectivity index (χ2v) is 6.10. The van der Waals surface area contributed by atoms with Gasteiger partial charge in [-0.1, -0.05) is 0 Å². The van der Waals surface area contributed by atoms with Crippen LogP contribution in [0, 0.1) is 0 Å². The quantitative estimate of drug-likeness (QED) is 0.633. The maximum Gasteiger partial charge on any atom is 0.267 e. The molecule has 0 saturated carbocycles. The molecule has 3 N–H and O–H groups in total. The minimum Gasteiger partial charge on any atom is -0.354 e. The molecule has 0 bridgehead atoms. The Bertz CT molecular complexity index is 719. The SMILES string of the molecule is CNC(=O)c1cc(S(=O)(=O)NCCc2ncn[nH]2)cn1C. The van der Waals surface area contributed by atoms with Crippen molar-refractivity contribution in [2.24, 2.45) is 7.05 Å². The predicted molar refractivity (Wildman–Crippen MR) is 74.1 cm³/mol. The highest BCUT2D eigenvalue weighted by Gasteiger charge is 2.19. The number of rotatable bonds is 6. The molecular formula is C11H16N6O3S.